The molecular weight excluding hydrogens is 330 g/mol. The lowest BCUT2D eigenvalue weighted by Crippen LogP contribution is -2.31. The lowest BCUT2D eigenvalue weighted by Gasteiger charge is -2.22. The molecule has 2 N–H and O–H groups in total. The van der Waals surface area contributed by atoms with E-state index < -0.39 is 9.84 Å². The lowest BCUT2D eigenvalue weighted by atomic mass is 9.89. The number of sulfone groups is 1. The smallest absolute Gasteiger partial charge is 0.179 e. The fourth-order valence-electron chi connectivity index (χ4n) is 2.47. The fraction of sp³-hybridized carbons (Fsp3) is 0.538. The van der Waals surface area contributed by atoms with Crippen LogP contribution < -0.4 is 10.5 Å². The number of nitrogens with two attached hydrogens (primary N) is 1. The Hall–Kier alpha value is -0.590. The topological polar surface area (TPSA) is 69.4 Å². The molecule has 6 heteroatoms. The lowest BCUT2D eigenvalue weighted by molar-refractivity contribution is 0.399. The third-order valence-corrected chi connectivity index (χ3v) is 5.54. The summed E-state index contributed by atoms with van der Waals surface area (Å²) < 4.78 is 29.7. The van der Waals surface area contributed by atoms with Crippen molar-refractivity contribution in [3.63, 3.8) is 0 Å². The molecule has 0 aromatic heterocycles. The monoisotopic (exact) mass is 347 g/mol. The molecule has 1 aromatic carbocycles. The quantitative estimate of drug-likeness (QED) is 0.906. The van der Waals surface area contributed by atoms with E-state index in [9.17, 15) is 8.42 Å². The minimum Gasteiger partial charge on any atom is -0.494 e. The molecule has 1 atom stereocenters. The van der Waals surface area contributed by atoms with Gasteiger partial charge in [-0.2, -0.15) is 0 Å². The Morgan fingerprint density at radius 2 is 2.00 bits per heavy atom. The van der Waals surface area contributed by atoms with Gasteiger partial charge in [-0.3, -0.25) is 0 Å². The third kappa shape index (κ3) is 2.53. The summed E-state index contributed by atoms with van der Waals surface area (Å²) in [6.45, 7) is 1.96. The molecule has 19 heavy (non-hydrogen) atoms. The molecule has 1 fully saturated rings. The second-order valence-corrected chi connectivity index (χ2v) is 8.04. The minimum absolute atomic E-state index is 0.000190. The van der Waals surface area contributed by atoms with Crippen LogP contribution in [0.4, 0.5) is 0 Å². The molecular formula is C13H18BrNO3S. The second kappa shape index (κ2) is 4.75. The molecule has 0 bridgehead atoms. The number of rotatable bonds is 4. The van der Waals surface area contributed by atoms with E-state index in [0.717, 1.165) is 18.4 Å². The molecule has 2 rings (SSSR count). The van der Waals surface area contributed by atoms with Crippen molar-refractivity contribution in [2.24, 2.45) is 5.73 Å². The van der Waals surface area contributed by atoms with Gasteiger partial charge in [0.25, 0.3) is 0 Å². The summed E-state index contributed by atoms with van der Waals surface area (Å²) in [5, 5.41) is 0. The van der Waals surface area contributed by atoms with Crippen molar-refractivity contribution >= 4 is 25.8 Å². The van der Waals surface area contributed by atoms with Crippen LogP contribution in [0.15, 0.2) is 21.5 Å². The van der Waals surface area contributed by atoms with Gasteiger partial charge in [0, 0.05) is 17.7 Å². The van der Waals surface area contributed by atoms with Gasteiger partial charge in [-0.05, 0) is 53.4 Å². The van der Waals surface area contributed by atoms with Crippen LogP contribution >= 0.6 is 15.9 Å². The van der Waals surface area contributed by atoms with Gasteiger partial charge < -0.3 is 10.5 Å². The highest BCUT2D eigenvalue weighted by molar-refractivity contribution is 9.10. The molecule has 1 aromatic rings. The summed E-state index contributed by atoms with van der Waals surface area (Å²) in [4.78, 5) is 0.214. The van der Waals surface area contributed by atoms with Crippen molar-refractivity contribution in [1.82, 2.24) is 0 Å². The Balaban J connectivity index is 2.65. The molecule has 0 spiro atoms. The molecule has 106 valence electrons. The maximum absolute atomic E-state index is 11.9. The first-order valence-electron chi connectivity index (χ1n) is 6.06. The summed E-state index contributed by atoms with van der Waals surface area (Å²) in [6, 6.07) is 3.62. The van der Waals surface area contributed by atoms with E-state index in [4.69, 9.17) is 10.5 Å². The van der Waals surface area contributed by atoms with E-state index in [1.165, 1.54) is 13.4 Å². The molecule has 1 saturated carbocycles. The molecule has 0 radical (unpaired) electrons. The standard InChI is InChI=1S/C13H18BrNO3S/c1-8(15)13(4-5-13)9-6-10(14)12(18-2)11(7-9)19(3,16)17/h6-8H,4-5,15H2,1-3H3. The number of hydrogen-bond donors (Lipinski definition) is 1. The first kappa shape index (κ1) is 14.8. The van der Waals surface area contributed by atoms with E-state index in [1.54, 1.807) is 6.07 Å². The van der Waals surface area contributed by atoms with Crippen LogP contribution in [0, 0.1) is 0 Å². The van der Waals surface area contributed by atoms with E-state index >= 15 is 0 Å². The highest BCUT2D eigenvalue weighted by Gasteiger charge is 2.48. The first-order chi connectivity index (χ1) is 8.72. The number of benzene rings is 1. The zero-order chi connectivity index (χ0) is 14.4. The molecule has 4 nitrogen and oxygen atoms in total. The Morgan fingerprint density at radius 1 is 1.42 bits per heavy atom. The Bertz CT molecular complexity index is 607. The highest BCUT2D eigenvalue weighted by atomic mass is 79.9. The van der Waals surface area contributed by atoms with Crippen LogP contribution in [0.5, 0.6) is 5.75 Å². The van der Waals surface area contributed by atoms with Crippen molar-refractivity contribution in [1.29, 1.82) is 0 Å². The number of halogens is 1. The van der Waals surface area contributed by atoms with Gasteiger partial charge in [0.2, 0.25) is 0 Å². The van der Waals surface area contributed by atoms with Crippen LogP contribution in [0.3, 0.4) is 0 Å². The van der Waals surface area contributed by atoms with E-state index in [2.05, 4.69) is 15.9 Å². The van der Waals surface area contributed by atoms with Crippen LogP contribution in [-0.2, 0) is 15.3 Å². The normalized spacial score (nSPS) is 19.0. The minimum atomic E-state index is -3.34. The van der Waals surface area contributed by atoms with E-state index in [0.29, 0.717) is 10.2 Å². The second-order valence-electron chi connectivity index (χ2n) is 5.21. The maximum atomic E-state index is 11.9. The summed E-state index contributed by atoms with van der Waals surface area (Å²) >= 11 is 3.39. The van der Waals surface area contributed by atoms with Gasteiger partial charge in [0.1, 0.15) is 4.90 Å². The van der Waals surface area contributed by atoms with Crippen molar-refractivity contribution in [3.8, 4) is 5.75 Å². The number of methoxy groups -OCH3 is 1. The predicted octanol–water partition coefficient (Wildman–Crippen LogP) is 2.24. The van der Waals surface area contributed by atoms with Gasteiger partial charge in [0.15, 0.2) is 15.6 Å². The molecule has 0 amide bonds. The van der Waals surface area contributed by atoms with Gasteiger partial charge in [0.05, 0.1) is 11.6 Å². The summed E-state index contributed by atoms with van der Waals surface area (Å²) in [6.07, 6.45) is 3.17. The Labute approximate surface area is 122 Å². The predicted molar refractivity (Wildman–Crippen MR) is 78.4 cm³/mol. The number of hydrogen-bond acceptors (Lipinski definition) is 4. The zero-order valence-corrected chi connectivity index (χ0v) is 13.6. The van der Waals surface area contributed by atoms with Crippen LogP contribution in [0.1, 0.15) is 25.3 Å². The molecule has 0 aliphatic heterocycles. The molecule has 0 heterocycles. The zero-order valence-electron chi connectivity index (χ0n) is 11.2. The Kier molecular flexibility index (Phi) is 3.70. The fourth-order valence-corrected chi connectivity index (χ4v) is 4.10. The number of ether oxygens (including phenoxy) is 1. The van der Waals surface area contributed by atoms with E-state index in [-0.39, 0.29) is 16.4 Å². The highest BCUT2D eigenvalue weighted by Crippen LogP contribution is 2.52. The van der Waals surface area contributed by atoms with Crippen molar-refractivity contribution in [2.45, 2.75) is 36.1 Å². The maximum Gasteiger partial charge on any atom is 0.179 e. The molecule has 0 saturated heterocycles. The summed E-state index contributed by atoms with van der Waals surface area (Å²) in [5.74, 6) is 0.353. The van der Waals surface area contributed by atoms with Crippen LogP contribution in [0.2, 0.25) is 0 Å². The van der Waals surface area contributed by atoms with Gasteiger partial charge in [-0.15, -0.1) is 0 Å². The third-order valence-electron chi connectivity index (χ3n) is 3.85. The largest absolute Gasteiger partial charge is 0.494 e. The van der Waals surface area contributed by atoms with Crippen molar-refractivity contribution < 1.29 is 13.2 Å². The van der Waals surface area contributed by atoms with Crippen LogP contribution in [0.25, 0.3) is 0 Å². The molecule has 1 unspecified atom stereocenters. The van der Waals surface area contributed by atoms with Gasteiger partial charge in [-0.1, -0.05) is 0 Å². The summed E-state index contributed by atoms with van der Waals surface area (Å²) in [7, 11) is -1.88. The summed E-state index contributed by atoms with van der Waals surface area (Å²) in [5.41, 5.74) is 6.93. The van der Waals surface area contributed by atoms with Crippen molar-refractivity contribution in [3.05, 3.63) is 22.2 Å². The van der Waals surface area contributed by atoms with E-state index in [1.807, 2.05) is 13.0 Å². The molecule has 1 aliphatic carbocycles. The average molecular weight is 348 g/mol. The average Bonchev–Trinajstić information content (AvgIpc) is 3.07. The van der Waals surface area contributed by atoms with Gasteiger partial charge in [-0.25, -0.2) is 8.42 Å². The first-order valence-corrected chi connectivity index (χ1v) is 8.74. The molecule has 1 aliphatic rings. The SMILES string of the molecule is COc1c(Br)cc(C2(C(C)N)CC2)cc1S(C)(=O)=O. The van der Waals surface area contributed by atoms with Crippen molar-refractivity contribution in [2.75, 3.05) is 13.4 Å². The Morgan fingerprint density at radius 3 is 2.37 bits per heavy atom. The van der Waals surface area contributed by atoms with Gasteiger partial charge >= 0.3 is 0 Å². The van der Waals surface area contributed by atoms with Crippen LogP contribution in [-0.4, -0.2) is 27.8 Å².